The van der Waals surface area contributed by atoms with Gasteiger partial charge in [-0.1, -0.05) is 27.2 Å². The first-order valence-corrected chi connectivity index (χ1v) is 8.25. The van der Waals surface area contributed by atoms with Gasteiger partial charge in [-0.2, -0.15) is 0 Å². The summed E-state index contributed by atoms with van der Waals surface area (Å²) in [4.78, 5) is 16.5. The Hall–Kier alpha value is -0.610. The van der Waals surface area contributed by atoms with Crippen LogP contribution in [-0.4, -0.2) is 61.5 Å². The Bertz CT molecular complexity index is 275. The lowest BCUT2D eigenvalue weighted by Crippen LogP contribution is -2.53. The van der Waals surface area contributed by atoms with E-state index in [1.165, 1.54) is 19.3 Å². The standard InChI is InChI=1S/C16H33N3O/c1-5-10-19-12-15(13-19)16(20)18(4)11-8-6-7-9-17-14(2)3/h14-15,17H,5-13H2,1-4H3. The molecule has 20 heavy (non-hydrogen) atoms. The maximum absolute atomic E-state index is 12.2. The molecule has 0 unspecified atom stereocenters. The molecule has 4 heteroatoms. The Balaban J connectivity index is 2.02. The van der Waals surface area contributed by atoms with Crippen LogP contribution in [0.2, 0.25) is 0 Å². The van der Waals surface area contributed by atoms with Gasteiger partial charge < -0.3 is 15.1 Å². The van der Waals surface area contributed by atoms with E-state index >= 15 is 0 Å². The minimum atomic E-state index is 0.258. The fourth-order valence-corrected chi connectivity index (χ4v) is 2.69. The summed E-state index contributed by atoms with van der Waals surface area (Å²) >= 11 is 0. The molecule has 1 fully saturated rings. The van der Waals surface area contributed by atoms with Crippen molar-refractivity contribution in [2.45, 2.75) is 52.5 Å². The molecule has 0 bridgehead atoms. The predicted octanol–water partition coefficient (Wildman–Crippen LogP) is 1.95. The second kappa shape index (κ2) is 9.35. The minimum Gasteiger partial charge on any atom is -0.345 e. The van der Waals surface area contributed by atoms with Gasteiger partial charge in [0.2, 0.25) is 5.91 Å². The first-order valence-electron chi connectivity index (χ1n) is 8.25. The monoisotopic (exact) mass is 283 g/mol. The number of hydrogen-bond donors (Lipinski definition) is 1. The molecular formula is C16H33N3O. The lowest BCUT2D eigenvalue weighted by molar-refractivity contribution is -0.139. The molecule has 0 aliphatic carbocycles. The van der Waals surface area contributed by atoms with Gasteiger partial charge in [0.25, 0.3) is 0 Å². The summed E-state index contributed by atoms with van der Waals surface area (Å²) in [5.74, 6) is 0.604. The number of nitrogens with one attached hydrogen (secondary N) is 1. The lowest BCUT2D eigenvalue weighted by atomic mass is 9.98. The molecule has 1 aliphatic rings. The lowest BCUT2D eigenvalue weighted by Gasteiger charge is -2.39. The van der Waals surface area contributed by atoms with Gasteiger partial charge in [-0.3, -0.25) is 4.79 Å². The molecule has 1 N–H and O–H groups in total. The zero-order valence-electron chi connectivity index (χ0n) is 13.8. The Morgan fingerprint density at radius 1 is 1.30 bits per heavy atom. The fourth-order valence-electron chi connectivity index (χ4n) is 2.69. The van der Waals surface area contributed by atoms with Crippen molar-refractivity contribution in [1.82, 2.24) is 15.1 Å². The number of carbonyl (C=O) groups is 1. The van der Waals surface area contributed by atoms with E-state index < -0.39 is 0 Å². The van der Waals surface area contributed by atoms with E-state index in [-0.39, 0.29) is 5.92 Å². The average Bonchev–Trinajstić information content (AvgIpc) is 2.36. The van der Waals surface area contributed by atoms with Crippen molar-refractivity contribution in [3.8, 4) is 0 Å². The zero-order chi connectivity index (χ0) is 15.0. The van der Waals surface area contributed by atoms with E-state index in [4.69, 9.17) is 0 Å². The van der Waals surface area contributed by atoms with Crippen LogP contribution in [0.1, 0.15) is 46.5 Å². The molecule has 1 rings (SSSR count). The number of nitrogens with zero attached hydrogens (tertiary/aromatic N) is 2. The summed E-state index contributed by atoms with van der Waals surface area (Å²) in [7, 11) is 1.96. The first-order chi connectivity index (χ1) is 9.54. The van der Waals surface area contributed by atoms with E-state index in [2.05, 4.69) is 31.0 Å². The number of rotatable bonds is 10. The largest absolute Gasteiger partial charge is 0.345 e. The van der Waals surface area contributed by atoms with Crippen LogP contribution in [0.3, 0.4) is 0 Å². The average molecular weight is 283 g/mol. The van der Waals surface area contributed by atoms with E-state index in [0.717, 1.165) is 39.1 Å². The van der Waals surface area contributed by atoms with Crippen LogP contribution in [0.5, 0.6) is 0 Å². The van der Waals surface area contributed by atoms with Crippen LogP contribution < -0.4 is 5.32 Å². The first kappa shape index (κ1) is 17.4. The van der Waals surface area contributed by atoms with Gasteiger partial charge in [0.15, 0.2) is 0 Å². The van der Waals surface area contributed by atoms with Crippen molar-refractivity contribution < 1.29 is 4.79 Å². The maximum Gasteiger partial charge on any atom is 0.228 e. The van der Waals surface area contributed by atoms with Crippen LogP contribution in [0.25, 0.3) is 0 Å². The molecule has 0 aromatic heterocycles. The van der Waals surface area contributed by atoms with E-state index in [1.807, 2.05) is 11.9 Å². The highest BCUT2D eigenvalue weighted by Gasteiger charge is 2.33. The summed E-state index contributed by atoms with van der Waals surface area (Å²) in [6, 6.07) is 0.573. The van der Waals surface area contributed by atoms with Crippen molar-refractivity contribution >= 4 is 5.91 Å². The third kappa shape index (κ3) is 6.23. The highest BCUT2D eigenvalue weighted by molar-refractivity contribution is 5.79. The maximum atomic E-state index is 12.2. The quantitative estimate of drug-likeness (QED) is 0.623. The fraction of sp³-hybridized carbons (Fsp3) is 0.938. The molecule has 0 atom stereocenters. The summed E-state index contributed by atoms with van der Waals surface area (Å²) in [5, 5.41) is 3.42. The minimum absolute atomic E-state index is 0.258. The zero-order valence-corrected chi connectivity index (χ0v) is 13.8. The molecule has 1 aliphatic heterocycles. The molecule has 0 aromatic rings. The summed E-state index contributed by atoms with van der Waals surface area (Å²) in [6.07, 6.45) is 4.70. The highest BCUT2D eigenvalue weighted by Crippen LogP contribution is 2.18. The van der Waals surface area contributed by atoms with Gasteiger partial charge in [0.1, 0.15) is 0 Å². The van der Waals surface area contributed by atoms with Crippen molar-refractivity contribution in [3.05, 3.63) is 0 Å². The number of amides is 1. The van der Waals surface area contributed by atoms with Crippen molar-refractivity contribution in [2.75, 3.05) is 39.8 Å². The second-order valence-electron chi connectivity index (χ2n) is 6.39. The topological polar surface area (TPSA) is 35.6 Å². The number of carbonyl (C=O) groups excluding carboxylic acids is 1. The number of likely N-dealkylation sites (tertiary alicyclic amines) is 1. The van der Waals surface area contributed by atoms with E-state index in [1.54, 1.807) is 0 Å². The van der Waals surface area contributed by atoms with Crippen molar-refractivity contribution in [1.29, 1.82) is 0 Å². The van der Waals surface area contributed by atoms with Crippen molar-refractivity contribution in [2.24, 2.45) is 5.92 Å². The highest BCUT2D eigenvalue weighted by atomic mass is 16.2. The predicted molar refractivity (Wildman–Crippen MR) is 84.8 cm³/mol. The number of unbranched alkanes of at least 4 members (excludes halogenated alkanes) is 2. The molecule has 1 heterocycles. The molecular weight excluding hydrogens is 250 g/mol. The van der Waals surface area contributed by atoms with Crippen LogP contribution >= 0.6 is 0 Å². The second-order valence-corrected chi connectivity index (χ2v) is 6.39. The molecule has 118 valence electrons. The van der Waals surface area contributed by atoms with Crippen LogP contribution in [-0.2, 0) is 4.79 Å². The Kier molecular flexibility index (Phi) is 8.15. The molecule has 1 saturated heterocycles. The van der Waals surface area contributed by atoms with Gasteiger partial charge in [0.05, 0.1) is 5.92 Å². The summed E-state index contributed by atoms with van der Waals surface area (Å²) < 4.78 is 0. The van der Waals surface area contributed by atoms with Crippen LogP contribution in [0.15, 0.2) is 0 Å². The molecule has 0 saturated carbocycles. The van der Waals surface area contributed by atoms with Gasteiger partial charge in [0, 0.05) is 32.7 Å². The molecule has 4 nitrogen and oxygen atoms in total. The van der Waals surface area contributed by atoms with Crippen molar-refractivity contribution in [3.63, 3.8) is 0 Å². The van der Waals surface area contributed by atoms with E-state index in [0.29, 0.717) is 11.9 Å². The molecule has 0 radical (unpaired) electrons. The summed E-state index contributed by atoms with van der Waals surface area (Å²) in [6.45, 7) is 11.6. The SMILES string of the molecule is CCCN1CC(C(=O)N(C)CCCCCNC(C)C)C1. The Morgan fingerprint density at radius 3 is 2.60 bits per heavy atom. The van der Waals surface area contributed by atoms with E-state index in [9.17, 15) is 4.79 Å². The molecule has 0 spiro atoms. The summed E-state index contributed by atoms with van der Waals surface area (Å²) in [5.41, 5.74) is 0. The Morgan fingerprint density at radius 2 is 2.00 bits per heavy atom. The number of hydrogen-bond acceptors (Lipinski definition) is 3. The van der Waals surface area contributed by atoms with Crippen LogP contribution in [0.4, 0.5) is 0 Å². The third-order valence-corrected chi connectivity index (χ3v) is 3.95. The van der Waals surface area contributed by atoms with Gasteiger partial charge in [-0.15, -0.1) is 0 Å². The smallest absolute Gasteiger partial charge is 0.228 e. The molecule has 1 amide bonds. The normalized spacial score (nSPS) is 16.4. The third-order valence-electron chi connectivity index (χ3n) is 3.95. The van der Waals surface area contributed by atoms with Crippen LogP contribution in [0, 0.1) is 5.92 Å². The van der Waals surface area contributed by atoms with Gasteiger partial charge in [-0.25, -0.2) is 0 Å². The molecule has 0 aromatic carbocycles. The van der Waals surface area contributed by atoms with Gasteiger partial charge in [-0.05, 0) is 32.4 Å². The Labute approximate surface area is 124 Å². The van der Waals surface area contributed by atoms with Gasteiger partial charge >= 0.3 is 0 Å².